The van der Waals surface area contributed by atoms with E-state index in [1.54, 1.807) is 11.1 Å². The SMILES string of the molecule is CCN(CC)C(=O)C(=NO)c1c[nH]c2c1ccc1c3ccccc3[nH]c12. The highest BCUT2D eigenvalue weighted by Crippen LogP contribution is 2.32. The zero-order chi connectivity index (χ0) is 18.3. The molecule has 0 aliphatic carbocycles. The zero-order valence-electron chi connectivity index (χ0n) is 14.7. The Hall–Kier alpha value is -3.28. The van der Waals surface area contributed by atoms with E-state index in [9.17, 15) is 10.0 Å². The predicted molar refractivity (Wildman–Crippen MR) is 104 cm³/mol. The van der Waals surface area contributed by atoms with E-state index in [2.05, 4.69) is 21.2 Å². The van der Waals surface area contributed by atoms with E-state index in [0.29, 0.717) is 18.7 Å². The monoisotopic (exact) mass is 348 g/mol. The normalized spacial score (nSPS) is 12.3. The van der Waals surface area contributed by atoms with Crippen LogP contribution in [0.15, 0.2) is 47.8 Å². The molecule has 132 valence electrons. The summed E-state index contributed by atoms with van der Waals surface area (Å²) in [5, 5.41) is 15.9. The van der Waals surface area contributed by atoms with Gasteiger partial charge in [0.15, 0.2) is 5.71 Å². The highest BCUT2D eigenvalue weighted by Gasteiger charge is 2.23. The number of aromatic amines is 2. The molecule has 1 amide bonds. The molecule has 0 saturated heterocycles. The summed E-state index contributed by atoms with van der Waals surface area (Å²) in [4.78, 5) is 21.0. The summed E-state index contributed by atoms with van der Waals surface area (Å²) in [6, 6.07) is 12.1. The second-order valence-corrected chi connectivity index (χ2v) is 6.21. The molecule has 26 heavy (non-hydrogen) atoms. The van der Waals surface area contributed by atoms with Crippen molar-refractivity contribution in [2.75, 3.05) is 13.1 Å². The lowest BCUT2D eigenvalue weighted by atomic mass is 10.1. The number of benzene rings is 2. The van der Waals surface area contributed by atoms with Gasteiger partial charge in [-0.25, -0.2) is 0 Å². The van der Waals surface area contributed by atoms with Crippen molar-refractivity contribution in [1.29, 1.82) is 0 Å². The molecule has 2 aromatic carbocycles. The van der Waals surface area contributed by atoms with Crippen LogP contribution in [0.1, 0.15) is 19.4 Å². The van der Waals surface area contributed by atoms with Crippen molar-refractivity contribution in [1.82, 2.24) is 14.9 Å². The largest absolute Gasteiger partial charge is 0.410 e. The van der Waals surface area contributed by atoms with Gasteiger partial charge in [0.05, 0.1) is 11.0 Å². The van der Waals surface area contributed by atoms with Gasteiger partial charge in [0.25, 0.3) is 5.91 Å². The third kappa shape index (κ3) is 2.26. The molecule has 6 heteroatoms. The quantitative estimate of drug-likeness (QED) is 0.297. The van der Waals surface area contributed by atoms with E-state index in [4.69, 9.17) is 0 Å². The Morgan fingerprint density at radius 2 is 1.77 bits per heavy atom. The lowest BCUT2D eigenvalue weighted by Crippen LogP contribution is -2.36. The van der Waals surface area contributed by atoms with Crippen molar-refractivity contribution < 1.29 is 10.0 Å². The first-order valence-electron chi connectivity index (χ1n) is 8.71. The predicted octanol–water partition coefficient (Wildman–Crippen LogP) is 3.85. The van der Waals surface area contributed by atoms with E-state index in [1.165, 1.54) is 0 Å². The first kappa shape index (κ1) is 16.2. The molecule has 6 nitrogen and oxygen atoms in total. The average molecular weight is 348 g/mol. The molecule has 0 radical (unpaired) electrons. The number of carbonyl (C=O) groups excluding carboxylic acids is 1. The third-order valence-electron chi connectivity index (χ3n) is 4.94. The molecule has 0 unspecified atom stereocenters. The van der Waals surface area contributed by atoms with Gasteiger partial charge in [0.2, 0.25) is 0 Å². The summed E-state index contributed by atoms with van der Waals surface area (Å²) in [6.45, 7) is 4.92. The summed E-state index contributed by atoms with van der Waals surface area (Å²) in [7, 11) is 0. The van der Waals surface area contributed by atoms with Crippen LogP contribution in [0, 0.1) is 0 Å². The summed E-state index contributed by atoms with van der Waals surface area (Å²) in [5.74, 6) is -0.282. The maximum absolute atomic E-state index is 12.7. The maximum atomic E-state index is 12.7. The molecule has 4 rings (SSSR count). The smallest absolute Gasteiger partial charge is 0.276 e. The van der Waals surface area contributed by atoms with E-state index in [0.717, 1.165) is 32.7 Å². The first-order chi connectivity index (χ1) is 12.7. The van der Waals surface area contributed by atoms with Crippen molar-refractivity contribution in [3.05, 3.63) is 48.2 Å². The second-order valence-electron chi connectivity index (χ2n) is 6.21. The number of rotatable bonds is 4. The molecule has 0 fully saturated rings. The Balaban J connectivity index is 1.92. The molecular weight excluding hydrogens is 328 g/mol. The molecule has 2 aromatic heterocycles. The third-order valence-corrected chi connectivity index (χ3v) is 4.94. The van der Waals surface area contributed by atoms with Gasteiger partial charge in [0.1, 0.15) is 0 Å². The van der Waals surface area contributed by atoms with Crippen LogP contribution in [-0.2, 0) is 4.79 Å². The van der Waals surface area contributed by atoms with Crippen LogP contribution in [0.4, 0.5) is 0 Å². The highest BCUT2D eigenvalue weighted by atomic mass is 16.4. The number of fused-ring (bicyclic) bond motifs is 5. The summed E-state index contributed by atoms with van der Waals surface area (Å²) in [5.41, 5.74) is 3.57. The summed E-state index contributed by atoms with van der Waals surface area (Å²) >= 11 is 0. The minimum absolute atomic E-state index is 0.0513. The number of H-pyrrole nitrogens is 2. The molecule has 0 atom stereocenters. The van der Waals surface area contributed by atoms with Crippen LogP contribution in [-0.4, -0.2) is 44.8 Å². The van der Waals surface area contributed by atoms with Crippen LogP contribution in [0.3, 0.4) is 0 Å². The van der Waals surface area contributed by atoms with Gasteiger partial charge in [-0.05, 0) is 19.9 Å². The van der Waals surface area contributed by atoms with Crippen molar-refractivity contribution in [2.24, 2.45) is 5.16 Å². The van der Waals surface area contributed by atoms with Crippen LogP contribution in [0.5, 0.6) is 0 Å². The number of oxime groups is 1. The summed E-state index contributed by atoms with van der Waals surface area (Å²) < 4.78 is 0. The van der Waals surface area contributed by atoms with Gasteiger partial charge in [0, 0.05) is 46.5 Å². The number of likely N-dealkylation sites (N-methyl/N-ethyl adjacent to an activating group) is 1. The number of para-hydroxylation sites is 1. The number of nitrogens with one attached hydrogen (secondary N) is 2. The number of aromatic nitrogens is 2. The Morgan fingerprint density at radius 3 is 2.50 bits per heavy atom. The van der Waals surface area contributed by atoms with Crippen LogP contribution in [0.25, 0.3) is 32.7 Å². The van der Waals surface area contributed by atoms with Crippen LogP contribution < -0.4 is 0 Å². The van der Waals surface area contributed by atoms with E-state index in [1.807, 2.05) is 44.2 Å². The highest BCUT2D eigenvalue weighted by molar-refractivity contribution is 6.47. The maximum Gasteiger partial charge on any atom is 0.276 e. The fraction of sp³-hybridized carbons (Fsp3) is 0.200. The minimum Gasteiger partial charge on any atom is -0.410 e. The Labute approximate surface area is 150 Å². The number of amides is 1. The van der Waals surface area contributed by atoms with Crippen molar-refractivity contribution >= 4 is 44.3 Å². The molecule has 0 aliphatic heterocycles. The minimum atomic E-state index is -0.282. The average Bonchev–Trinajstić information content (AvgIpc) is 3.25. The van der Waals surface area contributed by atoms with Gasteiger partial charge in [-0.2, -0.15) is 0 Å². The molecular formula is C20H20N4O2. The van der Waals surface area contributed by atoms with E-state index < -0.39 is 0 Å². The number of nitrogens with zero attached hydrogens (tertiary/aromatic N) is 2. The van der Waals surface area contributed by atoms with Crippen LogP contribution >= 0.6 is 0 Å². The van der Waals surface area contributed by atoms with E-state index in [-0.39, 0.29) is 11.6 Å². The van der Waals surface area contributed by atoms with Gasteiger partial charge >= 0.3 is 0 Å². The molecule has 0 aliphatic rings. The van der Waals surface area contributed by atoms with Crippen molar-refractivity contribution in [2.45, 2.75) is 13.8 Å². The van der Waals surface area contributed by atoms with Crippen molar-refractivity contribution in [3.63, 3.8) is 0 Å². The lowest BCUT2D eigenvalue weighted by molar-refractivity contribution is -0.123. The first-order valence-corrected chi connectivity index (χ1v) is 8.71. The molecule has 2 heterocycles. The van der Waals surface area contributed by atoms with Crippen LogP contribution in [0.2, 0.25) is 0 Å². The Kier molecular flexibility index (Phi) is 3.88. The van der Waals surface area contributed by atoms with Gasteiger partial charge in [-0.3, -0.25) is 4.79 Å². The second kappa shape index (κ2) is 6.22. The van der Waals surface area contributed by atoms with Crippen molar-refractivity contribution in [3.8, 4) is 0 Å². The number of carbonyl (C=O) groups is 1. The lowest BCUT2D eigenvalue weighted by Gasteiger charge is -2.18. The number of hydrogen-bond donors (Lipinski definition) is 3. The Bertz CT molecular complexity index is 1150. The fourth-order valence-electron chi connectivity index (χ4n) is 3.58. The Morgan fingerprint density at radius 1 is 1.04 bits per heavy atom. The molecule has 0 saturated carbocycles. The standard InChI is InChI=1S/C20H20N4O2/c1-3-24(4-2)20(25)19(23-26)15-11-21-17-14(15)10-9-13-12-7-5-6-8-16(12)22-18(13)17/h5-11,21-22,26H,3-4H2,1-2H3. The van der Waals surface area contributed by atoms with Gasteiger partial charge in [-0.15, -0.1) is 0 Å². The molecule has 3 N–H and O–H groups in total. The van der Waals surface area contributed by atoms with Gasteiger partial charge < -0.3 is 20.1 Å². The number of hydrogen-bond acceptors (Lipinski definition) is 3. The molecule has 0 spiro atoms. The zero-order valence-corrected chi connectivity index (χ0v) is 14.7. The molecule has 0 bridgehead atoms. The molecule has 4 aromatic rings. The topological polar surface area (TPSA) is 84.5 Å². The van der Waals surface area contributed by atoms with E-state index >= 15 is 0 Å². The fourth-order valence-corrected chi connectivity index (χ4v) is 3.58. The summed E-state index contributed by atoms with van der Waals surface area (Å²) in [6.07, 6.45) is 1.73. The van der Waals surface area contributed by atoms with Gasteiger partial charge in [-0.1, -0.05) is 35.5 Å².